The van der Waals surface area contributed by atoms with Gasteiger partial charge in [-0.1, -0.05) is 31.2 Å². The van der Waals surface area contributed by atoms with Crippen molar-refractivity contribution in [2.75, 3.05) is 6.61 Å². The average molecular weight is 278 g/mol. The van der Waals surface area contributed by atoms with Crippen molar-refractivity contribution in [1.82, 2.24) is 9.38 Å². The number of carbonyl (C=O) groups is 1. The van der Waals surface area contributed by atoms with Crippen LogP contribution in [0.4, 0.5) is 0 Å². The largest absolute Gasteiger partial charge is 0.465 e. The second-order valence-electron chi connectivity index (χ2n) is 4.32. The fourth-order valence-electron chi connectivity index (χ4n) is 1.65. The zero-order valence-electron chi connectivity index (χ0n) is 11.2. The molecular weight excluding hydrogens is 260 g/mol. The maximum absolute atomic E-state index is 11.8. The van der Waals surface area contributed by atoms with Crippen molar-refractivity contribution < 1.29 is 9.53 Å². The monoisotopic (exact) mass is 278 g/mol. The van der Waals surface area contributed by atoms with Crippen LogP contribution >= 0.6 is 11.8 Å². The number of aromatic nitrogens is 2. The van der Waals surface area contributed by atoms with Gasteiger partial charge in [0.15, 0.2) is 5.16 Å². The molecule has 5 heteroatoms. The summed E-state index contributed by atoms with van der Waals surface area (Å²) in [5, 5.41) is 0.568. The molecule has 0 radical (unpaired) electrons. The Morgan fingerprint density at radius 1 is 1.53 bits per heavy atom. The third-order valence-electron chi connectivity index (χ3n) is 2.76. The molecule has 0 aromatic carbocycles. The van der Waals surface area contributed by atoms with Crippen LogP contribution in [0.5, 0.6) is 0 Å². The molecule has 0 aliphatic heterocycles. The molecule has 2 heterocycles. The number of nitrogens with zero attached hydrogens (tertiary/aromatic N) is 2. The number of carbonyl (C=O) groups excluding carboxylic acids is 1. The van der Waals surface area contributed by atoms with E-state index in [1.165, 1.54) is 11.8 Å². The number of thioether (sulfide) groups is 1. The van der Waals surface area contributed by atoms with Crippen LogP contribution in [0.15, 0.2) is 35.7 Å². The van der Waals surface area contributed by atoms with Crippen LogP contribution in [-0.2, 0) is 9.53 Å². The summed E-state index contributed by atoms with van der Waals surface area (Å²) in [6, 6.07) is 5.90. The first-order valence-electron chi connectivity index (χ1n) is 6.47. The number of unbranched alkanes of at least 4 members (excludes halogenated alkanes) is 1. The van der Waals surface area contributed by atoms with Crippen LogP contribution in [0.1, 0.15) is 26.7 Å². The molecule has 2 rings (SSSR count). The molecule has 0 spiro atoms. The highest BCUT2D eigenvalue weighted by Crippen LogP contribution is 2.23. The van der Waals surface area contributed by atoms with Crippen LogP contribution in [0.3, 0.4) is 0 Å². The molecule has 0 bridgehead atoms. The summed E-state index contributed by atoms with van der Waals surface area (Å²) in [6.45, 7) is 4.42. The molecule has 102 valence electrons. The lowest BCUT2D eigenvalue weighted by atomic mass is 10.4. The Morgan fingerprint density at radius 3 is 3.16 bits per heavy atom. The van der Waals surface area contributed by atoms with Gasteiger partial charge < -0.3 is 4.74 Å². The quantitative estimate of drug-likeness (QED) is 0.462. The Labute approximate surface area is 117 Å². The average Bonchev–Trinajstić information content (AvgIpc) is 2.82. The lowest BCUT2D eigenvalue weighted by Crippen LogP contribution is -2.17. The summed E-state index contributed by atoms with van der Waals surface area (Å²) in [5.74, 6) is -0.175. The van der Waals surface area contributed by atoms with Gasteiger partial charge in [0.25, 0.3) is 0 Å². The van der Waals surface area contributed by atoms with Gasteiger partial charge in [0.2, 0.25) is 0 Å². The zero-order chi connectivity index (χ0) is 13.7. The number of hydrogen-bond donors (Lipinski definition) is 0. The van der Waals surface area contributed by atoms with Gasteiger partial charge in [-0.25, -0.2) is 4.98 Å². The van der Waals surface area contributed by atoms with Gasteiger partial charge in [-0.3, -0.25) is 9.20 Å². The minimum absolute atomic E-state index is 0.175. The lowest BCUT2D eigenvalue weighted by molar-refractivity contribution is -0.142. The van der Waals surface area contributed by atoms with Gasteiger partial charge in [-0.15, -0.1) is 0 Å². The second kappa shape index (κ2) is 6.61. The molecule has 2 aromatic heterocycles. The Balaban J connectivity index is 1.98. The van der Waals surface area contributed by atoms with E-state index in [4.69, 9.17) is 4.74 Å². The summed E-state index contributed by atoms with van der Waals surface area (Å²) in [7, 11) is 0. The van der Waals surface area contributed by atoms with E-state index in [0.717, 1.165) is 23.5 Å². The van der Waals surface area contributed by atoms with Crippen LogP contribution < -0.4 is 0 Å². The van der Waals surface area contributed by atoms with E-state index in [-0.39, 0.29) is 11.2 Å². The van der Waals surface area contributed by atoms with Gasteiger partial charge in [-0.05, 0) is 25.5 Å². The first-order valence-corrected chi connectivity index (χ1v) is 7.35. The van der Waals surface area contributed by atoms with Gasteiger partial charge in [0, 0.05) is 6.20 Å². The zero-order valence-corrected chi connectivity index (χ0v) is 12.0. The predicted molar refractivity (Wildman–Crippen MR) is 76.4 cm³/mol. The number of imidazole rings is 1. The van der Waals surface area contributed by atoms with Crippen molar-refractivity contribution in [1.29, 1.82) is 0 Å². The molecule has 1 unspecified atom stereocenters. The predicted octanol–water partition coefficient (Wildman–Crippen LogP) is 3.16. The fraction of sp³-hybridized carbons (Fsp3) is 0.429. The molecule has 0 aliphatic carbocycles. The molecule has 0 saturated heterocycles. The van der Waals surface area contributed by atoms with Crippen LogP contribution in [0.2, 0.25) is 0 Å². The second-order valence-corrected chi connectivity index (χ2v) is 5.63. The highest BCUT2D eigenvalue weighted by Gasteiger charge is 2.18. The van der Waals surface area contributed by atoms with Crippen LogP contribution in [0.25, 0.3) is 5.52 Å². The van der Waals surface area contributed by atoms with Crippen LogP contribution in [0, 0.1) is 0 Å². The molecule has 0 fully saturated rings. The molecular formula is C14H18N2O2S. The first-order chi connectivity index (χ1) is 9.22. The summed E-state index contributed by atoms with van der Waals surface area (Å²) in [6.07, 6.45) is 5.69. The molecule has 1 atom stereocenters. The Hall–Kier alpha value is -1.49. The fourth-order valence-corrected chi connectivity index (χ4v) is 2.52. The molecule has 2 aromatic rings. The SMILES string of the molecule is CCCCOC(=O)C(C)Sc1ncc2ccccn12. The first kappa shape index (κ1) is 13.9. The molecule has 4 nitrogen and oxygen atoms in total. The molecule has 0 saturated carbocycles. The normalized spacial score (nSPS) is 12.5. The molecule has 0 N–H and O–H groups in total. The van der Waals surface area contributed by atoms with E-state index in [0.29, 0.717) is 6.61 Å². The molecule has 0 amide bonds. The van der Waals surface area contributed by atoms with Crippen molar-refractivity contribution in [2.24, 2.45) is 0 Å². The smallest absolute Gasteiger partial charge is 0.319 e. The topological polar surface area (TPSA) is 43.6 Å². The number of ether oxygens (including phenoxy) is 1. The molecule has 0 aliphatic rings. The summed E-state index contributed by atoms with van der Waals surface area (Å²) >= 11 is 1.42. The Morgan fingerprint density at radius 2 is 2.37 bits per heavy atom. The standard InChI is InChI=1S/C14H18N2O2S/c1-3-4-9-18-13(17)11(2)19-14-15-10-12-7-5-6-8-16(12)14/h5-8,10-11H,3-4,9H2,1-2H3. The number of pyridine rings is 1. The van der Waals surface area contributed by atoms with Gasteiger partial charge in [-0.2, -0.15) is 0 Å². The highest BCUT2D eigenvalue weighted by molar-refractivity contribution is 8.00. The highest BCUT2D eigenvalue weighted by atomic mass is 32.2. The number of rotatable bonds is 6. The Bertz CT molecular complexity index is 553. The summed E-state index contributed by atoms with van der Waals surface area (Å²) in [4.78, 5) is 16.1. The summed E-state index contributed by atoms with van der Waals surface area (Å²) < 4.78 is 7.18. The third-order valence-corrected chi connectivity index (χ3v) is 3.82. The summed E-state index contributed by atoms with van der Waals surface area (Å²) in [5.41, 5.74) is 1.02. The third kappa shape index (κ3) is 3.50. The van der Waals surface area contributed by atoms with Crippen molar-refractivity contribution in [3.05, 3.63) is 30.6 Å². The van der Waals surface area contributed by atoms with Gasteiger partial charge >= 0.3 is 5.97 Å². The van der Waals surface area contributed by atoms with Gasteiger partial charge in [0.1, 0.15) is 5.25 Å². The van der Waals surface area contributed by atoms with E-state index >= 15 is 0 Å². The van der Waals surface area contributed by atoms with E-state index in [2.05, 4.69) is 11.9 Å². The van der Waals surface area contributed by atoms with E-state index < -0.39 is 0 Å². The van der Waals surface area contributed by atoms with E-state index in [9.17, 15) is 4.79 Å². The van der Waals surface area contributed by atoms with Crippen LogP contribution in [-0.4, -0.2) is 27.2 Å². The maximum Gasteiger partial charge on any atom is 0.319 e. The minimum atomic E-state index is -0.248. The Kier molecular flexibility index (Phi) is 4.85. The number of fused-ring (bicyclic) bond motifs is 1. The van der Waals surface area contributed by atoms with Crippen molar-refractivity contribution in [2.45, 2.75) is 37.1 Å². The van der Waals surface area contributed by atoms with Gasteiger partial charge in [0.05, 0.1) is 18.3 Å². The van der Waals surface area contributed by atoms with Crippen molar-refractivity contribution in [3.8, 4) is 0 Å². The van der Waals surface area contributed by atoms with E-state index in [1.54, 1.807) is 6.20 Å². The lowest BCUT2D eigenvalue weighted by Gasteiger charge is -2.10. The number of esters is 1. The minimum Gasteiger partial charge on any atom is -0.465 e. The van der Waals surface area contributed by atoms with Crippen molar-refractivity contribution in [3.63, 3.8) is 0 Å². The van der Waals surface area contributed by atoms with Crippen molar-refractivity contribution >= 4 is 23.2 Å². The molecule has 19 heavy (non-hydrogen) atoms. The van der Waals surface area contributed by atoms with E-state index in [1.807, 2.05) is 35.7 Å². The number of hydrogen-bond acceptors (Lipinski definition) is 4. The maximum atomic E-state index is 11.8.